The summed E-state index contributed by atoms with van der Waals surface area (Å²) in [5.74, 6) is -1.65. The number of anilines is 1. The van der Waals surface area contributed by atoms with Crippen molar-refractivity contribution in [2.75, 3.05) is 12.4 Å². The summed E-state index contributed by atoms with van der Waals surface area (Å²) in [4.78, 5) is 41.0. The second-order valence-electron chi connectivity index (χ2n) is 10.3. The lowest BCUT2D eigenvalue weighted by molar-refractivity contribution is -0.131. The zero-order valence-electron chi connectivity index (χ0n) is 23.6. The van der Waals surface area contributed by atoms with E-state index in [-0.39, 0.29) is 17.2 Å². The Morgan fingerprint density at radius 2 is 1.50 bits per heavy atom. The molecule has 1 aliphatic rings. The smallest absolute Gasteiger partial charge is 0.410 e. The van der Waals surface area contributed by atoms with Gasteiger partial charge in [0.2, 0.25) is 11.8 Å². The Bertz CT molecular complexity index is 1580. The Morgan fingerprint density at radius 1 is 0.929 bits per heavy atom. The Labute approximate surface area is 244 Å². The first kappa shape index (κ1) is 30.7. The fraction of sp³-hybridized carbons (Fsp3) is 0.300. The molecule has 3 aromatic rings. The summed E-state index contributed by atoms with van der Waals surface area (Å²) in [6, 6.07) is 16.1. The number of carbonyl (C=O) groups is 3. The minimum Gasteiger partial charge on any atom is -0.453 e. The molecule has 0 bridgehead atoms. The molecule has 2 atom stereocenters. The van der Waals surface area contributed by atoms with Gasteiger partial charge < -0.3 is 20.5 Å². The molecular formula is C30H33N3O8S. The van der Waals surface area contributed by atoms with Gasteiger partial charge >= 0.3 is 6.09 Å². The van der Waals surface area contributed by atoms with Crippen LogP contribution in [0, 0.1) is 5.92 Å². The number of rotatable bonds is 9. The van der Waals surface area contributed by atoms with Crippen molar-refractivity contribution in [3.8, 4) is 11.1 Å². The van der Waals surface area contributed by atoms with Crippen LogP contribution in [0.1, 0.15) is 43.5 Å². The zero-order chi connectivity index (χ0) is 30.8. The molecular weight excluding hydrogens is 562 g/mol. The van der Waals surface area contributed by atoms with E-state index in [2.05, 4.69) is 10.6 Å². The van der Waals surface area contributed by atoms with Crippen LogP contribution in [0.3, 0.4) is 0 Å². The molecule has 4 rings (SSSR count). The molecule has 0 saturated carbocycles. The van der Waals surface area contributed by atoms with E-state index >= 15 is 0 Å². The molecule has 4 N–H and O–H groups in total. The van der Waals surface area contributed by atoms with Crippen LogP contribution in [0.15, 0.2) is 71.6 Å². The maximum Gasteiger partial charge on any atom is 0.410 e. The van der Waals surface area contributed by atoms with Crippen molar-refractivity contribution in [3.63, 3.8) is 0 Å². The van der Waals surface area contributed by atoms with Gasteiger partial charge in [0.1, 0.15) is 17.0 Å². The largest absolute Gasteiger partial charge is 0.453 e. The van der Waals surface area contributed by atoms with E-state index in [0.29, 0.717) is 0 Å². The van der Waals surface area contributed by atoms with Gasteiger partial charge in [0, 0.05) is 5.69 Å². The first-order chi connectivity index (χ1) is 19.9. The number of aliphatic hydroxyl groups excluding tert-OH is 1. The van der Waals surface area contributed by atoms with Gasteiger partial charge in [-0.1, -0.05) is 68.4 Å². The van der Waals surface area contributed by atoms with Crippen LogP contribution >= 0.6 is 0 Å². The number of nitrogens with one attached hydrogen (secondary N) is 2. The van der Waals surface area contributed by atoms with Gasteiger partial charge in [-0.3, -0.25) is 19.0 Å². The summed E-state index contributed by atoms with van der Waals surface area (Å²) in [5, 5.41) is 14.6. The van der Waals surface area contributed by atoms with Crippen molar-refractivity contribution in [1.29, 1.82) is 0 Å². The number of amides is 3. The van der Waals surface area contributed by atoms with Crippen LogP contribution in [-0.2, 0) is 31.1 Å². The number of aliphatic hydroxyl groups is 1. The third-order valence-corrected chi connectivity index (χ3v) is 8.14. The van der Waals surface area contributed by atoms with Crippen molar-refractivity contribution in [3.05, 3.63) is 83.4 Å². The minimum atomic E-state index is -4.67. The molecule has 222 valence electrons. The van der Waals surface area contributed by atoms with Crippen molar-refractivity contribution in [1.82, 2.24) is 10.2 Å². The van der Waals surface area contributed by atoms with Crippen LogP contribution in [0.25, 0.3) is 11.1 Å². The van der Waals surface area contributed by atoms with Crippen molar-refractivity contribution < 1.29 is 37.2 Å². The van der Waals surface area contributed by atoms with Gasteiger partial charge in [-0.05, 0) is 52.8 Å². The van der Waals surface area contributed by atoms with E-state index in [1.54, 1.807) is 13.8 Å². The minimum absolute atomic E-state index is 0.0293. The first-order valence-corrected chi connectivity index (χ1v) is 14.7. The van der Waals surface area contributed by atoms with Crippen LogP contribution < -0.4 is 10.6 Å². The van der Waals surface area contributed by atoms with Crippen LogP contribution in [-0.4, -0.2) is 60.1 Å². The third kappa shape index (κ3) is 6.01. The van der Waals surface area contributed by atoms with Gasteiger partial charge in [-0.15, -0.1) is 0 Å². The van der Waals surface area contributed by atoms with E-state index in [1.165, 1.54) is 31.1 Å². The number of ether oxygens (including phenoxy) is 1. The highest BCUT2D eigenvalue weighted by molar-refractivity contribution is 7.85. The number of carbonyl (C=O) groups excluding carboxylic acids is 3. The standard InChI is InChI=1S/C30H33N3O8S/c1-17(2)26(29(36)31-18(3)28(35)32-20-14-13-19(16-34)25(15-20)42(38,39)40)33(30(37)41-4)27-23-11-7-5-9-21(23)22-10-6-8-12-24(22)27/h5-15,17-18,26-27,34H,16H2,1-4H3,(H,31,36)(H,32,35)(H,38,39,40)/t18-,26-/m0/s1. The lowest BCUT2D eigenvalue weighted by Gasteiger charge is -2.37. The Balaban J connectivity index is 1.62. The summed E-state index contributed by atoms with van der Waals surface area (Å²) in [5.41, 5.74) is 3.55. The molecule has 0 unspecified atom stereocenters. The predicted molar refractivity (Wildman–Crippen MR) is 155 cm³/mol. The molecule has 0 aliphatic heterocycles. The van der Waals surface area contributed by atoms with E-state index < -0.39 is 57.7 Å². The average Bonchev–Trinajstić information content (AvgIpc) is 3.28. The predicted octanol–water partition coefficient (Wildman–Crippen LogP) is 3.73. The number of hydrogen-bond acceptors (Lipinski definition) is 7. The van der Waals surface area contributed by atoms with Gasteiger partial charge in [-0.25, -0.2) is 4.79 Å². The monoisotopic (exact) mass is 595 g/mol. The SMILES string of the molecule is COC(=O)N(C1c2ccccc2-c2ccccc21)[C@H](C(=O)N[C@@H](C)C(=O)Nc1ccc(CO)c(S(=O)(=O)O)c1)C(C)C. The molecule has 0 heterocycles. The molecule has 11 nitrogen and oxygen atoms in total. The average molecular weight is 596 g/mol. The summed E-state index contributed by atoms with van der Waals surface area (Å²) >= 11 is 0. The number of hydrogen-bond donors (Lipinski definition) is 4. The number of fused-ring (bicyclic) bond motifs is 3. The topological polar surface area (TPSA) is 162 Å². The molecule has 3 aromatic carbocycles. The highest BCUT2D eigenvalue weighted by atomic mass is 32.2. The van der Waals surface area contributed by atoms with Crippen molar-refractivity contribution >= 4 is 33.7 Å². The Morgan fingerprint density at radius 3 is 2.00 bits per heavy atom. The molecule has 0 fully saturated rings. The fourth-order valence-corrected chi connectivity index (χ4v) is 6.02. The normalized spacial score (nSPS) is 14.0. The van der Waals surface area contributed by atoms with E-state index in [0.717, 1.165) is 28.3 Å². The summed E-state index contributed by atoms with van der Waals surface area (Å²) in [6.45, 7) is 4.38. The fourth-order valence-electron chi connectivity index (χ4n) is 5.28. The van der Waals surface area contributed by atoms with E-state index in [4.69, 9.17) is 4.74 Å². The Kier molecular flexibility index (Phi) is 9.00. The third-order valence-electron chi connectivity index (χ3n) is 7.20. The molecule has 0 aromatic heterocycles. The maximum absolute atomic E-state index is 13.8. The quantitative estimate of drug-likeness (QED) is 0.272. The molecule has 12 heteroatoms. The summed E-state index contributed by atoms with van der Waals surface area (Å²) in [6.07, 6.45) is -0.709. The van der Waals surface area contributed by atoms with Gasteiger partial charge in [0.25, 0.3) is 10.1 Å². The maximum atomic E-state index is 13.8. The van der Waals surface area contributed by atoms with Crippen molar-refractivity contribution in [2.45, 2.75) is 50.4 Å². The van der Waals surface area contributed by atoms with Gasteiger partial charge in [-0.2, -0.15) is 8.42 Å². The molecule has 0 radical (unpaired) electrons. The molecule has 1 aliphatic carbocycles. The summed E-state index contributed by atoms with van der Waals surface area (Å²) < 4.78 is 38.1. The molecule has 3 amide bonds. The number of benzene rings is 3. The summed E-state index contributed by atoms with van der Waals surface area (Å²) in [7, 11) is -3.42. The van der Waals surface area contributed by atoms with Crippen LogP contribution in [0.4, 0.5) is 10.5 Å². The van der Waals surface area contributed by atoms with Crippen LogP contribution in [0.2, 0.25) is 0 Å². The lowest BCUT2D eigenvalue weighted by atomic mass is 9.95. The Hall–Kier alpha value is -4.26. The molecule has 0 saturated heterocycles. The molecule has 42 heavy (non-hydrogen) atoms. The highest BCUT2D eigenvalue weighted by Crippen LogP contribution is 2.47. The number of nitrogens with zero attached hydrogens (tertiary/aromatic N) is 1. The molecule has 0 spiro atoms. The van der Waals surface area contributed by atoms with Crippen LogP contribution in [0.5, 0.6) is 0 Å². The number of methoxy groups -OCH3 is 1. The van der Waals surface area contributed by atoms with E-state index in [1.807, 2.05) is 48.5 Å². The second-order valence-corrected chi connectivity index (χ2v) is 11.7. The second kappa shape index (κ2) is 12.3. The first-order valence-electron chi connectivity index (χ1n) is 13.3. The van der Waals surface area contributed by atoms with E-state index in [9.17, 15) is 32.5 Å². The van der Waals surface area contributed by atoms with Gasteiger partial charge in [0.15, 0.2) is 0 Å². The van der Waals surface area contributed by atoms with Crippen molar-refractivity contribution in [2.24, 2.45) is 5.92 Å². The zero-order valence-corrected chi connectivity index (χ0v) is 24.4. The van der Waals surface area contributed by atoms with Gasteiger partial charge in [0.05, 0.1) is 19.8 Å². The lowest BCUT2D eigenvalue weighted by Crippen LogP contribution is -2.56. The highest BCUT2D eigenvalue weighted by Gasteiger charge is 2.43.